The van der Waals surface area contributed by atoms with Gasteiger partial charge in [0.15, 0.2) is 5.69 Å². The van der Waals surface area contributed by atoms with Crippen molar-refractivity contribution in [3.8, 4) is 11.1 Å². The van der Waals surface area contributed by atoms with E-state index in [1.807, 2.05) is 31.2 Å². The molecule has 0 amide bonds. The van der Waals surface area contributed by atoms with Crippen LogP contribution in [0.3, 0.4) is 0 Å². The van der Waals surface area contributed by atoms with E-state index in [1.54, 1.807) is 35.8 Å². The van der Waals surface area contributed by atoms with Gasteiger partial charge < -0.3 is 10.2 Å². The van der Waals surface area contributed by atoms with E-state index in [2.05, 4.69) is 0 Å². The summed E-state index contributed by atoms with van der Waals surface area (Å²) in [4.78, 5) is 36.3. The molecule has 0 aliphatic rings. The Morgan fingerprint density at radius 2 is 1.58 bits per heavy atom. The minimum Gasteiger partial charge on any atom is -0.478 e. The quantitative estimate of drug-likeness (QED) is 0.540. The zero-order chi connectivity index (χ0) is 22.5. The van der Waals surface area contributed by atoms with Gasteiger partial charge in [-0.25, -0.2) is 14.4 Å². The molecule has 2 N–H and O–H groups in total. The lowest BCUT2D eigenvalue weighted by molar-refractivity contribution is 0.0677. The van der Waals surface area contributed by atoms with E-state index >= 15 is 0 Å². The number of hydrogen-bond donors (Lipinski definition) is 2. The molecule has 7 heteroatoms. The van der Waals surface area contributed by atoms with Crippen molar-refractivity contribution >= 4 is 11.9 Å². The first-order valence-corrected chi connectivity index (χ1v) is 10.4. The maximum atomic E-state index is 12.9. The van der Waals surface area contributed by atoms with Gasteiger partial charge in [-0.1, -0.05) is 55.8 Å². The zero-order valence-electron chi connectivity index (χ0n) is 17.7. The largest absolute Gasteiger partial charge is 0.478 e. The Morgan fingerprint density at radius 1 is 0.903 bits per heavy atom. The van der Waals surface area contributed by atoms with Crippen molar-refractivity contribution in [1.82, 2.24) is 9.13 Å². The summed E-state index contributed by atoms with van der Waals surface area (Å²) >= 11 is 0. The molecule has 0 spiro atoms. The highest BCUT2D eigenvalue weighted by Gasteiger charge is 2.23. The Balaban J connectivity index is 1.99. The van der Waals surface area contributed by atoms with E-state index in [1.165, 1.54) is 4.57 Å². The Bertz CT molecular complexity index is 1160. The number of hydrogen-bond acceptors (Lipinski definition) is 3. The zero-order valence-corrected chi connectivity index (χ0v) is 17.7. The van der Waals surface area contributed by atoms with E-state index in [-0.39, 0.29) is 30.0 Å². The molecule has 7 nitrogen and oxygen atoms in total. The maximum absolute atomic E-state index is 12.9. The number of aromatic carboxylic acids is 2. The van der Waals surface area contributed by atoms with E-state index in [9.17, 15) is 24.6 Å². The van der Waals surface area contributed by atoms with Gasteiger partial charge >= 0.3 is 17.6 Å². The fourth-order valence-electron chi connectivity index (χ4n) is 3.83. The number of nitrogens with zero attached hydrogens (tertiary/aromatic N) is 2. The first kappa shape index (κ1) is 22.1. The fourth-order valence-corrected chi connectivity index (χ4v) is 3.83. The van der Waals surface area contributed by atoms with Crippen LogP contribution in [0.5, 0.6) is 0 Å². The molecule has 0 aliphatic carbocycles. The van der Waals surface area contributed by atoms with Gasteiger partial charge in [0.1, 0.15) is 0 Å². The molecule has 0 saturated carbocycles. The molecule has 0 radical (unpaired) electrons. The second-order valence-corrected chi connectivity index (χ2v) is 7.36. The number of unbranched alkanes of at least 4 members (excludes halogenated alkanes) is 1. The third-order valence-electron chi connectivity index (χ3n) is 5.38. The van der Waals surface area contributed by atoms with Crippen LogP contribution < -0.4 is 5.69 Å². The number of carboxylic acids is 2. The third-order valence-corrected chi connectivity index (χ3v) is 5.38. The van der Waals surface area contributed by atoms with Gasteiger partial charge in [-0.3, -0.25) is 9.13 Å². The van der Waals surface area contributed by atoms with Crippen LogP contribution >= 0.6 is 0 Å². The molecule has 0 saturated heterocycles. The third kappa shape index (κ3) is 4.45. The maximum Gasteiger partial charge on any atom is 0.354 e. The number of benzene rings is 2. The molecule has 0 fully saturated rings. The summed E-state index contributed by atoms with van der Waals surface area (Å²) in [5, 5.41) is 19.1. The van der Waals surface area contributed by atoms with Crippen LogP contribution in [-0.4, -0.2) is 31.3 Å². The SMILES string of the molecule is CCCCc1c(C(=O)O)n(CC)c(=O)n1Cc1ccc(-c2ccccc2C(=O)O)cc1. The van der Waals surface area contributed by atoms with Gasteiger partial charge in [0.05, 0.1) is 17.8 Å². The molecule has 2 aromatic carbocycles. The van der Waals surface area contributed by atoms with Gasteiger partial charge in [0.25, 0.3) is 0 Å². The van der Waals surface area contributed by atoms with Crippen molar-refractivity contribution in [2.45, 2.75) is 46.2 Å². The number of carbonyl (C=O) groups is 2. The monoisotopic (exact) mass is 422 g/mol. The van der Waals surface area contributed by atoms with Crippen molar-refractivity contribution in [3.63, 3.8) is 0 Å². The van der Waals surface area contributed by atoms with Crippen molar-refractivity contribution in [2.75, 3.05) is 0 Å². The second kappa shape index (κ2) is 9.47. The molecule has 3 rings (SSSR count). The Kier molecular flexibility index (Phi) is 6.74. The van der Waals surface area contributed by atoms with E-state index < -0.39 is 11.9 Å². The Hall–Kier alpha value is -3.61. The van der Waals surface area contributed by atoms with Gasteiger partial charge in [0.2, 0.25) is 0 Å². The highest BCUT2D eigenvalue weighted by Crippen LogP contribution is 2.24. The lowest BCUT2D eigenvalue weighted by Crippen LogP contribution is -2.26. The predicted molar refractivity (Wildman–Crippen MR) is 118 cm³/mol. The van der Waals surface area contributed by atoms with Crippen LogP contribution in [0, 0.1) is 0 Å². The van der Waals surface area contributed by atoms with Crippen LogP contribution in [0.4, 0.5) is 0 Å². The summed E-state index contributed by atoms with van der Waals surface area (Å²) in [5.41, 5.74) is 2.71. The summed E-state index contributed by atoms with van der Waals surface area (Å²) in [6.45, 7) is 4.33. The Labute approximate surface area is 180 Å². The topological polar surface area (TPSA) is 102 Å². The second-order valence-electron chi connectivity index (χ2n) is 7.36. The summed E-state index contributed by atoms with van der Waals surface area (Å²) in [7, 11) is 0. The number of imidazole rings is 1. The first-order chi connectivity index (χ1) is 14.9. The molecule has 0 unspecified atom stereocenters. The average molecular weight is 422 g/mol. The lowest BCUT2D eigenvalue weighted by Gasteiger charge is -2.10. The first-order valence-electron chi connectivity index (χ1n) is 10.4. The van der Waals surface area contributed by atoms with Crippen molar-refractivity contribution < 1.29 is 19.8 Å². The molecule has 1 aromatic heterocycles. The highest BCUT2D eigenvalue weighted by atomic mass is 16.4. The van der Waals surface area contributed by atoms with Crippen molar-refractivity contribution in [3.05, 3.63) is 81.5 Å². The normalized spacial score (nSPS) is 10.9. The summed E-state index contributed by atoms with van der Waals surface area (Å²) < 4.78 is 2.85. The fraction of sp³-hybridized carbons (Fsp3) is 0.292. The van der Waals surface area contributed by atoms with E-state index in [0.29, 0.717) is 17.7 Å². The van der Waals surface area contributed by atoms with Crippen LogP contribution in [0.1, 0.15) is 58.8 Å². The van der Waals surface area contributed by atoms with Crippen molar-refractivity contribution in [2.24, 2.45) is 0 Å². The smallest absolute Gasteiger partial charge is 0.354 e. The van der Waals surface area contributed by atoms with Gasteiger partial charge in [0, 0.05) is 6.54 Å². The summed E-state index contributed by atoms with van der Waals surface area (Å²) in [6, 6.07) is 14.1. The van der Waals surface area contributed by atoms with Crippen LogP contribution in [-0.2, 0) is 19.5 Å². The van der Waals surface area contributed by atoms with Crippen LogP contribution in [0.25, 0.3) is 11.1 Å². The lowest BCUT2D eigenvalue weighted by atomic mass is 9.99. The van der Waals surface area contributed by atoms with Crippen LogP contribution in [0.15, 0.2) is 53.3 Å². The van der Waals surface area contributed by atoms with Gasteiger partial charge in [-0.15, -0.1) is 0 Å². The number of rotatable bonds is 9. The standard InChI is InChI=1S/C24H26N2O5/c1-3-5-10-20-21(23(29)30)25(4-2)24(31)26(20)15-16-11-13-17(14-12-16)18-8-6-7-9-19(18)22(27)28/h6-9,11-14H,3-5,10,15H2,1-2H3,(H,27,28)(H,29,30). The summed E-state index contributed by atoms with van der Waals surface area (Å²) in [6.07, 6.45) is 2.20. The molecule has 1 heterocycles. The molecular weight excluding hydrogens is 396 g/mol. The average Bonchev–Trinajstić information content (AvgIpc) is 3.03. The molecule has 162 valence electrons. The minimum absolute atomic E-state index is 0.0629. The molecule has 0 aliphatic heterocycles. The molecule has 3 aromatic rings. The molecule has 31 heavy (non-hydrogen) atoms. The number of carboxylic acid groups (broad SMARTS) is 2. The van der Waals surface area contributed by atoms with Gasteiger partial charge in [-0.2, -0.15) is 0 Å². The molecule has 0 bridgehead atoms. The summed E-state index contributed by atoms with van der Waals surface area (Å²) in [5.74, 6) is -2.08. The van der Waals surface area contributed by atoms with Crippen LogP contribution in [0.2, 0.25) is 0 Å². The number of aromatic nitrogens is 2. The van der Waals surface area contributed by atoms with E-state index in [0.717, 1.165) is 24.0 Å². The van der Waals surface area contributed by atoms with Gasteiger partial charge in [-0.05, 0) is 42.5 Å². The minimum atomic E-state index is -1.09. The Morgan fingerprint density at radius 3 is 2.16 bits per heavy atom. The molecular formula is C24H26N2O5. The predicted octanol–water partition coefficient (Wildman–Crippen LogP) is 4.12. The highest BCUT2D eigenvalue weighted by molar-refractivity contribution is 5.96. The van der Waals surface area contributed by atoms with Crippen molar-refractivity contribution in [1.29, 1.82) is 0 Å². The van der Waals surface area contributed by atoms with E-state index in [4.69, 9.17) is 0 Å². The molecule has 0 atom stereocenters.